The molecule has 0 unspecified atom stereocenters. The van der Waals surface area contributed by atoms with Crippen LogP contribution in [0.3, 0.4) is 0 Å². The Kier molecular flexibility index (Phi) is 5.77. The largest absolute Gasteiger partial charge is 0.512 e. The van der Waals surface area contributed by atoms with Gasteiger partial charge in [-0.25, -0.2) is 4.79 Å². The van der Waals surface area contributed by atoms with E-state index in [0.717, 1.165) is 44.8 Å². The Morgan fingerprint density at radius 3 is 2.50 bits per heavy atom. The van der Waals surface area contributed by atoms with Gasteiger partial charge < -0.3 is 23.9 Å². The van der Waals surface area contributed by atoms with Gasteiger partial charge in [-0.2, -0.15) is 8.75 Å². The lowest BCUT2D eigenvalue weighted by Crippen LogP contribution is -2.10. The van der Waals surface area contributed by atoms with Gasteiger partial charge in [0.05, 0.1) is 43.1 Å². The number of nitrogens with zero attached hydrogens (tertiary/aromatic N) is 3. The minimum absolute atomic E-state index is 0.234. The summed E-state index contributed by atoms with van der Waals surface area (Å²) in [6.45, 7) is 2.82. The quantitative estimate of drug-likeness (QED) is 0.296. The molecule has 3 aromatic carbocycles. The second-order valence-electron chi connectivity index (χ2n) is 7.56. The highest BCUT2D eigenvalue weighted by Gasteiger charge is 2.23. The molecule has 5 rings (SSSR count). The van der Waals surface area contributed by atoms with E-state index in [2.05, 4.69) is 8.75 Å². The van der Waals surface area contributed by atoms with Crippen LogP contribution in [-0.2, 0) is 6.54 Å². The van der Waals surface area contributed by atoms with E-state index < -0.39 is 6.16 Å². The molecule has 0 radical (unpaired) electrons. The molecular weight excluding hydrogens is 454 g/mol. The maximum Gasteiger partial charge on any atom is 0.512 e. The van der Waals surface area contributed by atoms with Gasteiger partial charge in [0.2, 0.25) is 5.88 Å². The third-order valence-corrected chi connectivity index (χ3v) is 6.08. The molecule has 0 amide bonds. The highest BCUT2D eigenvalue weighted by atomic mass is 32.1. The molecule has 0 atom stereocenters. The molecule has 0 fully saturated rings. The molecule has 8 nitrogen and oxygen atoms in total. The van der Waals surface area contributed by atoms with Crippen LogP contribution in [0.25, 0.3) is 33.1 Å². The summed E-state index contributed by atoms with van der Waals surface area (Å²) in [5.74, 6) is 1.63. The number of fused-ring (bicyclic) bond motifs is 2. The van der Waals surface area contributed by atoms with E-state index in [1.807, 2.05) is 72.2 Å². The van der Waals surface area contributed by atoms with Crippen LogP contribution < -0.4 is 14.2 Å². The Bertz CT molecular complexity index is 1490. The van der Waals surface area contributed by atoms with Gasteiger partial charge in [0.15, 0.2) is 0 Å². The normalized spacial score (nSPS) is 11.1. The van der Waals surface area contributed by atoms with Crippen molar-refractivity contribution in [3.8, 4) is 28.5 Å². The fraction of sp³-hybridized carbons (Fsp3) is 0.160. The van der Waals surface area contributed by atoms with Crippen LogP contribution in [-0.4, -0.2) is 38.3 Å². The standard InChI is InChI=1S/C25H21N3O5S/c1-3-32-18-9-11-22-19(13-18)23(16-5-7-17(31-2)8-6-16)24(33-25(29)30)28(22)14-15-4-10-20-21(12-15)27-34-26-20/h4-13H,3,14H2,1-2H3,(H,29,30). The van der Waals surface area contributed by atoms with Gasteiger partial charge in [-0.05, 0) is 60.5 Å². The van der Waals surface area contributed by atoms with E-state index >= 15 is 0 Å². The average Bonchev–Trinajstić information content (AvgIpc) is 3.41. The summed E-state index contributed by atoms with van der Waals surface area (Å²) >= 11 is 1.16. The maximum absolute atomic E-state index is 11.7. The molecule has 9 heteroatoms. The number of rotatable bonds is 7. The van der Waals surface area contributed by atoms with Crippen molar-refractivity contribution in [1.29, 1.82) is 0 Å². The molecule has 0 spiro atoms. The predicted octanol–water partition coefficient (Wildman–Crippen LogP) is 5.83. The number of ether oxygens (including phenoxy) is 3. The Balaban J connectivity index is 1.74. The van der Waals surface area contributed by atoms with Gasteiger partial charge in [0.25, 0.3) is 0 Å². The number of carbonyl (C=O) groups is 1. The van der Waals surface area contributed by atoms with Crippen LogP contribution in [0.15, 0.2) is 60.7 Å². The van der Waals surface area contributed by atoms with Crippen molar-refractivity contribution in [3.05, 3.63) is 66.2 Å². The van der Waals surface area contributed by atoms with Gasteiger partial charge in [-0.3, -0.25) is 0 Å². The zero-order valence-corrected chi connectivity index (χ0v) is 19.3. The van der Waals surface area contributed by atoms with Gasteiger partial charge in [0.1, 0.15) is 22.5 Å². The molecule has 5 aromatic rings. The fourth-order valence-corrected chi connectivity index (χ4v) is 4.58. The van der Waals surface area contributed by atoms with Crippen LogP contribution in [0.4, 0.5) is 4.79 Å². The van der Waals surface area contributed by atoms with Gasteiger partial charge >= 0.3 is 6.16 Å². The fourth-order valence-electron chi connectivity index (χ4n) is 4.06. The van der Waals surface area contributed by atoms with Crippen molar-refractivity contribution < 1.29 is 24.1 Å². The molecule has 2 heterocycles. The first-order valence-corrected chi connectivity index (χ1v) is 11.4. The molecule has 0 aliphatic carbocycles. The molecule has 0 aliphatic rings. The number of aromatic nitrogens is 3. The Morgan fingerprint density at radius 1 is 1.00 bits per heavy atom. The lowest BCUT2D eigenvalue weighted by molar-refractivity contribution is 0.141. The summed E-state index contributed by atoms with van der Waals surface area (Å²) in [7, 11) is 1.60. The highest BCUT2D eigenvalue weighted by Crippen LogP contribution is 2.42. The first-order chi connectivity index (χ1) is 16.6. The molecule has 0 saturated carbocycles. The van der Waals surface area contributed by atoms with Crippen molar-refractivity contribution in [1.82, 2.24) is 13.3 Å². The van der Waals surface area contributed by atoms with Crippen LogP contribution in [0.2, 0.25) is 0 Å². The third kappa shape index (κ3) is 4.01. The van der Waals surface area contributed by atoms with E-state index in [-0.39, 0.29) is 5.88 Å². The highest BCUT2D eigenvalue weighted by molar-refractivity contribution is 7.00. The molecule has 1 N–H and O–H groups in total. The number of methoxy groups -OCH3 is 1. The topological polar surface area (TPSA) is 95.7 Å². The molecule has 34 heavy (non-hydrogen) atoms. The van der Waals surface area contributed by atoms with E-state index in [9.17, 15) is 9.90 Å². The molecule has 172 valence electrons. The lowest BCUT2D eigenvalue weighted by Gasteiger charge is -2.11. The number of hydrogen-bond donors (Lipinski definition) is 1. The molecular formula is C25H21N3O5S. The predicted molar refractivity (Wildman–Crippen MR) is 130 cm³/mol. The number of benzene rings is 3. The van der Waals surface area contributed by atoms with E-state index in [4.69, 9.17) is 14.2 Å². The zero-order valence-electron chi connectivity index (χ0n) is 18.5. The first kappa shape index (κ1) is 21.7. The SMILES string of the molecule is CCOc1ccc2c(c1)c(-c1ccc(OC)cc1)c(OC(=O)O)n2Cc1ccc2nsnc2c1. The van der Waals surface area contributed by atoms with Crippen molar-refractivity contribution in [2.24, 2.45) is 0 Å². The Morgan fingerprint density at radius 2 is 1.76 bits per heavy atom. The summed E-state index contributed by atoms with van der Waals surface area (Å²) in [6.07, 6.45) is -1.39. The minimum Gasteiger partial charge on any atom is -0.497 e. The average molecular weight is 476 g/mol. The van der Waals surface area contributed by atoms with Crippen LogP contribution in [0.1, 0.15) is 12.5 Å². The van der Waals surface area contributed by atoms with E-state index in [1.54, 1.807) is 7.11 Å². The first-order valence-electron chi connectivity index (χ1n) is 10.6. The summed E-state index contributed by atoms with van der Waals surface area (Å²) in [5, 5.41) is 10.4. The van der Waals surface area contributed by atoms with E-state index in [1.165, 1.54) is 0 Å². The Labute approximate surface area is 199 Å². The molecule has 0 bridgehead atoms. The second-order valence-corrected chi connectivity index (χ2v) is 8.09. The molecule has 0 saturated heterocycles. The van der Waals surface area contributed by atoms with Crippen LogP contribution in [0.5, 0.6) is 17.4 Å². The minimum atomic E-state index is -1.39. The second kappa shape index (κ2) is 9.03. The van der Waals surface area contributed by atoms with Gasteiger partial charge in [0, 0.05) is 5.39 Å². The smallest absolute Gasteiger partial charge is 0.497 e. The van der Waals surface area contributed by atoms with Crippen molar-refractivity contribution in [2.45, 2.75) is 13.5 Å². The van der Waals surface area contributed by atoms with Crippen molar-refractivity contribution in [3.63, 3.8) is 0 Å². The van der Waals surface area contributed by atoms with Crippen LogP contribution in [0, 0.1) is 0 Å². The number of carboxylic acid groups (broad SMARTS) is 1. The number of hydrogen-bond acceptors (Lipinski definition) is 7. The van der Waals surface area contributed by atoms with E-state index in [0.29, 0.717) is 30.2 Å². The summed E-state index contributed by atoms with van der Waals surface area (Å²) < 4.78 is 26.9. The molecule has 2 aromatic heterocycles. The summed E-state index contributed by atoms with van der Waals surface area (Å²) in [5.41, 5.74) is 4.86. The van der Waals surface area contributed by atoms with Crippen molar-refractivity contribution in [2.75, 3.05) is 13.7 Å². The summed E-state index contributed by atoms with van der Waals surface area (Å²) in [4.78, 5) is 11.7. The maximum atomic E-state index is 11.7. The third-order valence-electron chi connectivity index (χ3n) is 5.52. The van der Waals surface area contributed by atoms with Crippen molar-refractivity contribution >= 4 is 39.8 Å². The lowest BCUT2D eigenvalue weighted by atomic mass is 10.0. The van der Waals surface area contributed by atoms with Crippen LogP contribution >= 0.6 is 11.7 Å². The molecule has 0 aliphatic heterocycles. The Hall–Kier alpha value is -4.11. The van der Waals surface area contributed by atoms with Gasteiger partial charge in [-0.15, -0.1) is 0 Å². The van der Waals surface area contributed by atoms with Gasteiger partial charge in [-0.1, -0.05) is 18.2 Å². The zero-order chi connectivity index (χ0) is 23.7. The summed E-state index contributed by atoms with van der Waals surface area (Å²) in [6, 6.07) is 19.0. The monoisotopic (exact) mass is 475 g/mol.